The van der Waals surface area contributed by atoms with Gasteiger partial charge in [0, 0.05) is 24.0 Å². The summed E-state index contributed by atoms with van der Waals surface area (Å²) in [5.41, 5.74) is 4.02. The third kappa shape index (κ3) is 5.32. The predicted octanol–water partition coefficient (Wildman–Crippen LogP) is 4.98. The van der Waals surface area contributed by atoms with Gasteiger partial charge in [0.25, 0.3) is 5.91 Å². The van der Waals surface area contributed by atoms with Gasteiger partial charge >= 0.3 is 0 Å². The molecule has 0 unspecified atom stereocenters. The van der Waals surface area contributed by atoms with Crippen LogP contribution in [0.3, 0.4) is 0 Å². The summed E-state index contributed by atoms with van der Waals surface area (Å²) in [6, 6.07) is 16.3. The van der Waals surface area contributed by atoms with E-state index < -0.39 is 0 Å². The average molecular weight is 477 g/mol. The fourth-order valence-corrected chi connectivity index (χ4v) is 4.06. The first-order valence-corrected chi connectivity index (χ1v) is 11.5. The van der Waals surface area contributed by atoms with Crippen LogP contribution in [-0.2, 0) is 11.8 Å². The molecule has 9 heteroatoms. The molecule has 0 aliphatic rings. The third-order valence-corrected chi connectivity index (χ3v) is 6.22. The second-order valence-corrected chi connectivity index (χ2v) is 8.45. The lowest BCUT2D eigenvalue weighted by atomic mass is 10.1. The smallest absolute Gasteiger partial charge is 0.291 e. The number of imidazole rings is 1. The number of aryl methyl sites for hydroxylation is 1. The van der Waals surface area contributed by atoms with Gasteiger partial charge in [-0.1, -0.05) is 17.8 Å². The van der Waals surface area contributed by atoms with E-state index in [1.807, 2.05) is 48.9 Å². The summed E-state index contributed by atoms with van der Waals surface area (Å²) in [6.45, 7) is 1.89. The first kappa shape index (κ1) is 23.2. The van der Waals surface area contributed by atoms with Gasteiger partial charge in [0.1, 0.15) is 5.75 Å². The van der Waals surface area contributed by atoms with E-state index >= 15 is 0 Å². The molecule has 8 nitrogen and oxygen atoms in total. The Bertz CT molecular complexity index is 1300. The van der Waals surface area contributed by atoms with Crippen molar-refractivity contribution >= 4 is 35.0 Å². The highest BCUT2D eigenvalue weighted by Gasteiger charge is 2.14. The molecule has 0 atom stereocenters. The second-order valence-electron chi connectivity index (χ2n) is 7.51. The van der Waals surface area contributed by atoms with Crippen molar-refractivity contribution in [2.75, 3.05) is 23.5 Å². The van der Waals surface area contributed by atoms with Gasteiger partial charge in [-0.15, -0.1) is 0 Å². The van der Waals surface area contributed by atoms with E-state index in [0.717, 1.165) is 27.7 Å². The van der Waals surface area contributed by atoms with Crippen molar-refractivity contribution in [1.82, 2.24) is 9.55 Å². The zero-order valence-corrected chi connectivity index (χ0v) is 19.8. The Morgan fingerprint density at radius 3 is 2.62 bits per heavy atom. The van der Waals surface area contributed by atoms with Crippen LogP contribution in [-0.4, -0.2) is 34.2 Å². The van der Waals surface area contributed by atoms with E-state index in [4.69, 9.17) is 9.15 Å². The van der Waals surface area contributed by atoms with E-state index in [2.05, 4.69) is 15.6 Å². The SMILES string of the molecule is COc1ccc(-c2cnc(SCC(=O)Nc3cc(NC(=O)c4ccco4)ccc3C)n2C)cc1. The van der Waals surface area contributed by atoms with Gasteiger partial charge in [-0.2, -0.15) is 0 Å². The number of anilines is 2. The Morgan fingerprint density at radius 1 is 1.12 bits per heavy atom. The zero-order chi connectivity index (χ0) is 24.1. The van der Waals surface area contributed by atoms with Crippen molar-refractivity contribution in [3.63, 3.8) is 0 Å². The van der Waals surface area contributed by atoms with Gasteiger partial charge in [-0.05, 0) is 61.0 Å². The fourth-order valence-electron chi connectivity index (χ4n) is 3.31. The third-order valence-electron chi connectivity index (χ3n) is 5.18. The number of benzene rings is 2. The number of amides is 2. The Kier molecular flexibility index (Phi) is 7.03. The summed E-state index contributed by atoms with van der Waals surface area (Å²) in [5.74, 6) is 0.666. The lowest BCUT2D eigenvalue weighted by Gasteiger charge is -2.11. The van der Waals surface area contributed by atoms with Crippen LogP contribution in [0.25, 0.3) is 11.3 Å². The number of ether oxygens (including phenoxy) is 1. The van der Waals surface area contributed by atoms with E-state index in [1.54, 1.807) is 37.6 Å². The molecule has 0 aliphatic carbocycles. The number of furan rings is 1. The predicted molar refractivity (Wildman–Crippen MR) is 132 cm³/mol. The van der Waals surface area contributed by atoms with Crippen molar-refractivity contribution in [2.24, 2.45) is 7.05 Å². The summed E-state index contributed by atoms with van der Waals surface area (Å²) >= 11 is 1.35. The Labute approximate surface area is 201 Å². The number of carbonyl (C=O) groups excluding carboxylic acids is 2. The molecular formula is C25H24N4O4S. The molecule has 2 aromatic heterocycles. The molecule has 0 radical (unpaired) electrons. The summed E-state index contributed by atoms with van der Waals surface area (Å²) < 4.78 is 12.3. The van der Waals surface area contributed by atoms with Crippen LogP contribution < -0.4 is 15.4 Å². The van der Waals surface area contributed by atoms with Crippen LogP contribution in [0, 0.1) is 6.92 Å². The van der Waals surface area contributed by atoms with Crippen molar-refractivity contribution < 1.29 is 18.7 Å². The van der Waals surface area contributed by atoms with Crippen LogP contribution in [0.4, 0.5) is 11.4 Å². The largest absolute Gasteiger partial charge is 0.497 e. The maximum Gasteiger partial charge on any atom is 0.291 e. The normalized spacial score (nSPS) is 10.7. The number of hydrogen-bond donors (Lipinski definition) is 2. The molecule has 0 aliphatic heterocycles. The summed E-state index contributed by atoms with van der Waals surface area (Å²) in [5, 5.41) is 6.41. The number of carbonyl (C=O) groups is 2. The van der Waals surface area contributed by atoms with Gasteiger partial charge in [-0.25, -0.2) is 4.98 Å². The number of nitrogens with zero attached hydrogens (tertiary/aromatic N) is 2. The number of aromatic nitrogens is 2. The van der Waals surface area contributed by atoms with E-state index in [9.17, 15) is 9.59 Å². The molecule has 0 fully saturated rings. The van der Waals surface area contributed by atoms with Crippen molar-refractivity contribution in [3.8, 4) is 17.0 Å². The van der Waals surface area contributed by atoms with Gasteiger partial charge in [0.05, 0.1) is 31.0 Å². The molecule has 2 N–H and O–H groups in total. The molecular weight excluding hydrogens is 452 g/mol. The van der Waals surface area contributed by atoms with Crippen LogP contribution >= 0.6 is 11.8 Å². The molecule has 34 heavy (non-hydrogen) atoms. The fraction of sp³-hybridized carbons (Fsp3) is 0.160. The maximum atomic E-state index is 12.6. The number of nitrogens with one attached hydrogen (secondary N) is 2. The average Bonchev–Trinajstić information content (AvgIpc) is 3.50. The molecule has 0 saturated carbocycles. The summed E-state index contributed by atoms with van der Waals surface area (Å²) in [6.07, 6.45) is 3.23. The quantitative estimate of drug-likeness (QED) is 0.348. The minimum atomic E-state index is -0.357. The van der Waals surface area contributed by atoms with Crippen molar-refractivity contribution in [3.05, 3.63) is 78.4 Å². The molecule has 4 rings (SSSR count). The van der Waals surface area contributed by atoms with E-state index in [-0.39, 0.29) is 23.3 Å². The lowest BCUT2D eigenvalue weighted by Crippen LogP contribution is -2.16. The highest BCUT2D eigenvalue weighted by molar-refractivity contribution is 7.99. The van der Waals surface area contributed by atoms with Gasteiger partial charge < -0.3 is 24.4 Å². The summed E-state index contributed by atoms with van der Waals surface area (Å²) in [7, 11) is 3.55. The first-order valence-electron chi connectivity index (χ1n) is 10.5. The maximum absolute atomic E-state index is 12.6. The minimum absolute atomic E-state index is 0.170. The van der Waals surface area contributed by atoms with Crippen molar-refractivity contribution in [2.45, 2.75) is 12.1 Å². The number of methoxy groups -OCH3 is 1. The highest BCUT2D eigenvalue weighted by atomic mass is 32.2. The van der Waals surface area contributed by atoms with Crippen LogP contribution in [0.1, 0.15) is 16.1 Å². The summed E-state index contributed by atoms with van der Waals surface area (Å²) in [4.78, 5) is 29.3. The van der Waals surface area contributed by atoms with Gasteiger partial charge in [0.2, 0.25) is 5.91 Å². The molecule has 0 spiro atoms. The first-order chi connectivity index (χ1) is 16.4. The Balaban J connectivity index is 1.37. The molecule has 2 heterocycles. The minimum Gasteiger partial charge on any atom is -0.497 e. The van der Waals surface area contributed by atoms with E-state index in [0.29, 0.717) is 11.4 Å². The Hall–Kier alpha value is -3.98. The topological polar surface area (TPSA) is 98.4 Å². The number of thioether (sulfide) groups is 1. The van der Waals surface area contributed by atoms with Crippen LogP contribution in [0.15, 0.2) is 76.6 Å². The standard InChI is InChI=1S/C25H24N4O4S/c1-16-6-9-18(27-24(31)22-5-4-12-33-22)13-20(16)28-23(30)15-34-25-26-14-21(29(25)2)17-7-10-19(32-3)11-8-17/h4-14H,15H2,1-3H3,(H,27,31)(H,28,30). The second kappa shape index (κ2) is 10.3. The van der Waals surface area contributed by atoms with Crippen molar-refractivity contribution in [1.29, 1.82) is 0 Å². The van der Waals surface area contributed by atoms with E-state index in [1.165, 1.54) is 18.0 Å². The monoisotopic (exact) mass is 476 g/mol. The lowest BCUT2D eigenvalue weighted by molar-refractivity contribution is -0.113. The molecule has 0 bridgehead atoms. The zero-order valence-electron chi connectivity index (χ0n) is 19.0. The Morgan fingerprint density at radius 2 is 1.91 bits per heavy atom. The van der Waals surface area contributed by atoms with Gasteiger partial charge in [0.15, 0.2) is 10.9 Å². The molecule has 174 valence electrons. The number of rotatable bonds is 8. The molecule has 2 amide bonds. The molecule has 4 aromatic rings. The molecule has 0 saturated heterocycles. The van der Waals surface area contributed by atoms with Crippen LogP contribution in [0.5, 0.6) is 5.75 Å². The molecule has 2 aromatic carbocycles. The van der Waals surface area contributed by atoms with Gasteiger partial charge in [-0.3, -0.25) is 9.59 Å². The number of hydrogen-bond acceptors (Lipinski definition) is 6. The highest BCUT2D eigenvalue weighted by Crippen LogP contribution is 2.27. The van der Waals surface area contributed by atoms with Crippen LogP contribution in [0.2, 0.25) is 0 Å².